The highest BCUT2D eigenvalue weighted by molar-refractivity contribution is 5.81. The van der Waals surface area contributed by atoms with E-state index in [9.17, 15) is 4.79 Å². The third-order valence-electron chi connectivity index (χ3n) is 0.743. The fourth-order valence-corrected chi connectivity index (χ4v) is 0.313. The van der Waals surface area contributed by atoms with E-state index in [1.54, 1.807) is 0 Å². The molecule has 0 aliphatic rings. The number of hydrogen-bond acceptors (Lipinski definition) is 3. The van der Waals surface area contributed by atoms with Crippen LogP contribution in [0, 0.1) is 12.3 Å². The minimum atomic E-state index is -0.399. The van der Waals surface area contributed by atoms with Gasteiger partial charge in [0.15, 0.2) is 0 Å². The van der Waals surface area contributed by atoms with Crippen LogP contribution in [0.4, 0.5) is 0 Å². The normalized spacial score (nSPS) is 8.80. The highest BCUT2D eigenvalue weighted by Gasteiger charge is 1.86. The molecule has 0 saturated heterocycles. The summed E-state index contributed by atoms with van der Waals surface area (Å²) in [5.74, 6) is 1.95. The Hall–Kier alpha value is -1.43. The molecule has 1 N–H and O–H groups in total. The molecule has 54 valence electrons. The molecular formula is C7H9NO2. The minimum Gasteiger partial charge on any atom is -0.466 e. The molecule has 0 aliphatic carbocycles. The lowest BCUT2D eigenvalue weighted by molar-refractivity contribution is -0.134. The summed E-state index contributed by atoms with van der Waals surface area (Å²) in [5.41, 5.74) is 0. The van der Waals surface area contributed by atoms with E-state index >= 15 is 0 Å². The van der Waals surface area contributed by atoms with Gasteiger partial charge in [0.2, 0.25) is 0 Å². The molecule has 0 bridgehead atoms. The number of rotatable bonds is 3. The van der Waals surface area contributed by atoms with Crippen LogP contribution in [0.1, 0.15) is 0 Å². The van der Waals surface area contributed by atoms with Crippen molar-refractivity contribution in [1.29, 1.82) is 0 Å². The van der Waals surface area contributed by atoms with Gasteiger partial charge >= 0.3 is 5.97 Å². The summed E-state index contributed by atoms with van der Waals surface area (Å²) < 4.78 is 4.31. The second-order valence-corrected chi connectivity index (χ2v) is 1.44. The second kappa shape index (κ2) is 5.70. The zero-order valence-electron chi connectivity index (χ0n) is 5.76. The number of carbonyl (C=O) groups excluding carboxylic acids is 1. The summed E-state index contributed by atoms with van der Waals surface area (Å²) in [4.78, 5) is 10.4. The summed E-state index contributed by atoms with van der Waals surface area (Å²) in [7, 11) is 1.31. The van der Waals surface area contributed by atoms with E-state index in [1.165, 1.54) is 19.4 Å². The first-order chi connectivity index (χ1) is 4.81. The molecule has 0 saturated carbocycles. The predicted octanol–water partition coefficient (Wildman–Crippen LogP) is -0.104. The first kappa shape index (κ1) is 8.57. The molecule has 0 spiro atoms. The summed E-state index contributed by atoms with van der Waals surface area (Å²) in [5, 5.41) is 2.68. The Bertz CT molecular complexity index is 167. The van der Waals surface area contributed by atoms with Crippen molar-refractivity contribution in [3.05, 3.63) is 12.3 Å². The van der Waals surface area contributed by atoms with Gasteiger partial charge in [0.1, 0.15) is 0 Å². The summed E-state index contributed by atoms with van der Waals surface area (Å²) >= 11 is 0. The molecule has 0 radical (unpaired) electrons. The van der Waals surface area contributed by atoms with Crippen molar-refractivity contribution < 1.29 is 9.53 Å². The molecule has 3 heteroatoms. The van der Waals surface area contributed by atoms with Crippen molar-refractivity contribution in [2.24, 2.45) is 0 Å². The minimum absolute atomic E-state index is 0.399. The summed E-state index contributed by atoms with van der Waals surface area (Å²) in [6.07, 6.45) is 7.63. The van der Waals surface area contributed by atoms with Crippen LogP contribution >= 0.6 is 0 Å². The molecule has 0 aromatic heterocycles. The van der Waals surface area contributed by atoms with Crippen LogP contribution in [0.25, 0.3) is 0 Å². The highest BCUT2D eigenvalue weighted by Crippen LogP contribution is 1.73. The van der Waals surface area contributed by atoms with Crippen LogP contribution in [-0.2, 0) is 9.53 Å². The van der Waals surface area contributed by atoms with Crippen LogP contribution < -0.4 is 5.32 Å². The fraction of sp³-hybridized carbons (Fsp3) is 0.286. The van der Waals surface area contributed by atoms with Crippen LogP contribution in [0.5, 0.6) is 0 Å². The Morgan fingerprint density at radius 2 is 2.60 bits per heavy atom. The Balaban J connectivity index is 3.38. The molecule has 0 atom stereocenters. The first-order valence-electron chi connectivity index (χ1n) is 2.72. The van der Waals surface area contributed by atoms with E-state index in [0.29, 0.717) is 6.54 Å². The van der Waals surface area contributed by atoms with E-state index in [-0.39, 0.29) is 0 Å². The lowest BCUT2D eigenvalue weighted by atomic mass is 10.6. The summed E-state index contributed by atoms with van der Waals surface area (Å²) in [6.45, 7) is 0.410. The number of carbonyl (C=O) groups is 1. The van der Waals surface area contributed by atoms with Gasteiger partial charge in [-0.25, -0.2) is 4.79 Å². The van der Waals surface area contributed by atoms with Gasteiger partial charge in [-0.3, -0.25) is 0 Å². The van der Waals surface area contributed by atoms with Gasteiger partial charge in [-0.15, -0.1) is 6.42 Å². The molecule has 0 fully saturated rings. The average Bonchev–Trinajstić information content (AvgIpc) is 1.98. The van der Waals surface area contributed by atoms with Crippen molar-refractivity contribution in [3.8, 4) is 12.3 Å². The van der Waals surface area contributed by atoms with E-state index in [4.69, 9.17) is 6.42 Å². The molecule has 0 unspecified atom stereocenters. The second-order valence-electron chi connectivity index (χ2n) is 1.44. The van der Waals surface area contributed by atoms with Gasteiger partial charge in [0.05, 0.1) is 13.7 Å². The van der Waals surface area contributed by atoms with Crippen molar-refractivity contribution >= 4 is 5.97 Å². The molecule has 0 heterocycles. The Morgan fingerprint density at radius 3 is 3.10 bits per heavy atom. The zero-order chi connectivity index (χ0) is 7.82. The zero-order valence-corrected chi connectivity index (χ0v) is 5.76. The first-order valence-corrected chi connectivity index (χ1v) is 2.72. The van der Waals surface area contributed by atoms with Crippen LogP contribution in [-0.4, -0.2) is 19.6 Å². The van der Waals surface area contributed by atoms with Crippen LogP contribution in [0.15, 0.2) is 12.3 Å². The molecule has 0 aliphatic heterocycles. The lowest BCUT2D eigenvalue weighted by Crippen LogP contribution is -2.05. The van der Waals surface area contributed by atoms with Crippen LogP contribution in [0.2, 0.25) is 0 Å². The monoisotopic (exact) mass is 139 g/mol. The highest BCUT2D eigenvalue weighted by atomic mass is 16.5. The Morgan fingerprint density at radius 1 is 1.90 bits per heavy atom. The van der Waals surface area contributed by atoms with Gasteiger partial charge in [0.25, 0.3) is 0 Å². The Labute approximate surface area is 60.1 Å². The van der Waals surface area contributed by atoms with Gasteiger partial charge < -0.3 is 10.1 Å². The molecular weight excluding hydrogens is 130 g/mol. The number of ether oxygens (including phenoxy) is 1. The maximum absolute atomic E-state index is 10.4. The molecule has 3 nitrogen and oxygen atoms in total. The smallest absolute Gasteiger partial charge is 0.331 e. The van der Waals surface area contributed by atoms with Gasteiger partial charge in [-0.1, -0.05) is 5.92 Å². The average molecular weight is 139 g/mol. The van der Waals surface area contributed by atoms with Crippen molar-refractivity contribution in [2.45, 2.75) is 0 Å². The third kappa shape index (κ3) is 4.72. The van der Waals surface area contributed by atoms with Gasteiger partial charge in [0, 0.05) is 12.3 Å². The largest absolute Gasteiger partial charge is 0.466 e. The maximum atomic E-state index is 10.4. The van der Waals surface area contributed by atoms with E-state index in [2.05, 4.69) is 16.0 Å². The molecule has 0 aromatic carbocycles. The number of esters is 1. The van der Waals surface area contributed by atoms with Gasteiger partial charge in [-0.2, -0.15) is 0 Å². The third-order valence-corrected chi connectivity index (χ3v) is 0.743. The van der Waals surface area contributed by atoms with Gasteiger partial charge in [-0.05, 0) is 0 Å². The maximum Gasteiger partial charge on any atom is 0.331 e. The Kier molecular flexibility index (Phi) is 4.89. The number of hydrogen-bond donors (Lipinski definition) is 1. The topological polar surface area (TPSA) is 38.3 Å². The van der Waals surface area contributed by atoms with E-state index in [0.717, 1.165) is 0 Å². The quantitative estimate of drug-likeness (QED) is 0.257. The fourth-order valence-electron chi connectivity index (χ4n) is 0.313. The van der Waals surface area contributed by atoms with Crippen LogP contribution in [0.3, 0.4) is 0 Å². The van der Waals surface area contributed by atoms with Crippen molar-refractivity contribution in [2.75, 3.05) is 13.7 Å². The van der Waals surface area contributed by atoms with E-state index < -0.39 is 5.97 Å². The van der Waals surface area contributed by atoms with Crippen molar-refractivity contribution in [3.63, 3.8) is 0 Å². The number of nitrogens with one attached hydrogen (secondary N) is 1. The molecule has 0 amide bonds. The SMILES string of the molecule is C#CCN/C=C/C(=O)OC. The number of terminal acetylenes is 1. The standard InChI is InChI=1S/C7H9NO2/c1-3-5-8-6-4-7(9)10-2/h1,4,6,8H,5H2,2H3/b6-4+. The molecule has 0 rings (SSSR count). The predicted molar refractivity (Wildman–Crippen MR) is 38.0 cm³/mol. The number of methoxy groups -OCH3 is 1. The molecule has 0 aromatic rings. The summed E-state index contributed by atoms with van der Waals surface area (Å²) in [6, 6.07) is 0. The molecule has 10 heavy (non-hydrogen) atoms. The van der Waals surface area contributed by atoms with Crippen molar-refractivity contribution in [1.82, 2.24) is 5.32 Å². The van der Waals surface area contributed by atoms with E-state index in [1.807, 2.05) is 0 Å². The lowest BCUT2D eigenvalue weighted by Gasteiger charge is -1.90.